The van der Waals surface area contributed by atoms with Crippen molar-refractivity contribution < 1.29 is 23.7 Å². The Labute approximate surface area is 232 Å². The molecule has 0 bridgehead atoms. The van der Waals surface area contributed by atoms with Crippen LogP contribution >= 0.6 is 27.3 Å². The molecule has 4 rings (SSSR count). The number of allylic oxidation sites excluding steroid dienone is 1. The van der Waals surface area contributed by atoms with Gasteiger partial charge in [0.25, 0.3) is 5.56 Å². The maximum atomic E-state index is 13.9. The zero-order valence-corrected chi connectivity index (χ0v) is 23.6. The van der Waals surface area contributed by atoms with Crippen molar-refractivity contribution in [1.29, 1.82) is 0 Å². The number of terminal acetylenes is 1. The molecule has 38 heavy (non-hydrogen) atoms. The monoisotopic (exact) mass is 596 g/mol. The van der Waals surface area contributed by atoms with Gasteiger partial charge >= 0.3 is 5.97 Å². The number of aromatic nitrogens is 1. The summed E-state index contributed by atoms with van der Waals surface area (Å²) in [5.41, 5.74) is 1.75. The van der Waals surface area contributed by atoms with Crippen LogP contribution in [0, 0.1) is 12.3 Å². The fraction of sp³-hybridized carbons (Fsp3) is 0.250. The van der Waals surface area contributed by atoms with Crippen molar-refractivity contribution in [3.8, 4) is 29.6 Å². The Morgan fingerprint density at radius 1 is 1.18 bits per heavy atom. The molecule has 0 radical (unpaired) electrons. The quantitative estimate of drug-likeness (QED) is 0.292. The first-order valence-corrected chi connectivity index (χ1v) is 13.2. The lowest BCUT2D eigenvalue weighted by Gasteiger charge is -2.25. The van der Waals surface area contributed by atoms with Crippen molar-refractivity contribution in [2.45, 2.75) is 19.9 Å². The Hall–Kier alpha value is -3.81. The van der Waals surface area contributed by atoms with E-state index in [0.717, 1.165) is 4.47 Å². The van der Waals surface area contributed by atoms with Gasteiger partial charge in [-0.15, -0.1) is 6.42 Å². The van der Waals surface area contributed by atoms with E-state index < -0.39 is 12.0 Å². The van der Waals surface area contributed by atoms with Crippen LogP contribution in [0.5, 0.6) is 17.2 Å². The molecule has 0 saturated carbocycles. The van der Waals surface area contributed by atoms with Gasteiger partial charge in [0.05, 0.1) is 42.7 Å². The molecule has 2 aromatic carbocycles. The third kappa shape index (κ3) is 5.26. The molecule has 0 fully saturated rings. The largest absolute Gasteiger partial charge is 0.493 e. The summed E-state index contributed by atoms with van der Waals surface area (Å²) in [6.07, 6.45) is 7.09. The molecule has 0 unspecified atom stereocenters. The van der Waals surface area contributed by atoms with Crippen LogP contribution in [0.25, 0.3) is 6.08 Å². The number of esters is 1. The Balaban J connectivity index is 1.97. The molecule has 1 aliphatic heterocycles. The molecule has 3 aromatic rings. The van der Waals surface area contributed by atoms with E-state index in [2.05, 4.69) is 26.8 Å². The minimum Gasteiger partial charge on any atom is -0.493 e. The summed E-state index contributed by atoms with van der Waals surface area (Å²) in [4.78, 5) is 32.1. The lowest BCUT2D eigenvalue weighted by atomic mass is 9.95. The lowest BCUT2D eigenvalue weighted by molar-refractivity contribution is -0.139. The van der Waals surface area contributed by atoms with Crippen molar-refractivity contribution >= 4 is 39.3 Å². The number of ether oxygens (including phenoxy) is 4. The van der Waals surface area contributed by atoms with Crippen LogP contribution in [-0.4, -0.2) is 38.0 Å². The van der Waals surface area contributed by atoms with Gasteiger partial charge in [-0.2, -0.15) is 0 Å². The Kier molecular flexibility index (Phi) is 8.39. The number of hydrogen-bond donors (Lipinski definition) is 0. The fourth-order valence-corrected chi connectivity index (χ4v) is 5.57. The van der Waals surface area contributed by atoms with Gasteiger partial charge in [-0.25, -0.2) is 9.79 Å². The molecule has 1 aromatic heterocycles. The molecule has 1 aliphatic rings. The number of halogens is 1. The van der Waals surface area contributed by atoms with Crippen LogP contribution < -0.4 is 29.1 Å². The second-order valence-corrected chi connectivity index (χ2v) is 10.0. The van der Waals surface area contributed by atoms with Crippen LogP contribution in [0.3, 0.4) is 0 Å². The summed E-state index contributed by atoms with van der Waals surface area (Å²) in [5.74, 6) is 3.44. The van der Waals surface area contributed by atoms with E-state index >= 15 is 0 Å². The number of fused-ring (bicyclic) bond motifs is 1. The van der Waals surface area contributed by atoms with Gasteiger partial charge in [0, 0.05) is 10.0 Å². The summed E-state index contributed by atoms with van der Waals surface area (Å²) >= 11 is 4.69. The number of thiazole rings is 1. The van der Waals surface area contributed by atoms with Crippen molar-refractivity contribution in [2.24, 2.45) is 4.99 Å². The first kappa shape index (κ1) is 27.2. The smallest absolute Gasteiger partial charge is 0.338 e. The van der Waals surface area contributed by atoms with Crippen molar-refractivity contribution in [1.82, 2.24) is 4.57 Å². The van der Waals surface area contributed by atoms with E-state index in [1.165, 1.54) is 30.1 Å². The maximum Gasteiger partial charge on any atom is 0.338 e. The van der Waals surface area contributed by atoms with Gasteiger partial charge in [0.15, 0.2) is 16.3 Å². The summed E-state index contributed by atoms with van der Waals surface area (Å²) in [7, 11) is 3.07. The predicted molar refractivity (Wildman–Crippen MR) is 148 cm³/mol. The molecular weight excluding hydrogens is 572 g/mol. The number of methoxy groups -OCH3 is 2. The zero-order valence-electron chi connectivity index (χ0n) is 21.2. The Bertz CT molecular complexity index is 1650. The van der Waals surface area contributed by atoms with Gasteiger partial charge in [-0.1, -0.05) is 39.3 Å². The molecule has 0 aliphatic carbocycles. The minimum absolute atomic E-state index is 0.0884. The highest BCUT2D eigenvalue weighted by atomic mass is 79.9. The number of carbonyl (C=O) groups excluding carboxylic acids is 1. The Morgan fingerprint density at radius 2 is 1.92 bits per heavy atom. The van der Waals surface area contributed by atoms with Gasteiger partial charge in [0.2, 0.25) is 0 Å². The number of hydrogen-bond acceptors (Lipinski definition) is 8. The molecule has 0 spiro atoms. The zero-order chi connectivity index (χ0) is 27.4. The third-order valence-corrected chi connectivity index (χ3v) is 7.29. The summed E-state index contributed by atoms with van der Waals surface area (Å²) < 4.78 is 24.6. The highest BCUT2D eigenvalue weighted by Crippen LogP contribution is 2.36. The van der Waals surface area contributed by atoms with Gasteiger partial charge in [0.1, 0.15) is 12.4 Å². The average Bonchev–Trinajstić information content (AvgIpc) is 3.21. The number of rotatable bonds is 8. The number of carbonyl (C=O) groups is 1. The molecule has 0 saturated heterocycles. The fourth-order valence-electron chi connectivity index (χ4n) is 4.15. The van der Waals surface area contributed by atoms with E-state index in [9.17, 15) is 9.59 Å². The standard InChI is InChI=1S/C28H25BrN2O6S/c1-6-12-37-20-11-9-19(29)13-18(20)15-23-26(32)31-25(17-8-10-21(34-4)22(14-17)35-5)24(27(33)36-7-2)16(3)30-28(31)38-23/h1,8-11,13-15,25H,7,12H2,2-5H3/b23-15-/t25-/m0/s1. The molecule has 8 nitrogen and oxygen atoms in total. The summed E-state index contributed by atoms with van der Waals surface area (Å²) in [5, 5.41) is 0. The molecule has 10 heteroatoms. The second-order valence-electron chi connectivity index (χ2n) is 8.09. The molecular formula is C28H25BrN2O6S. The van der Waals surface area contributed by atoms with Gasteiger partial charge in [-0.05, 0) is 55.8 Å². The third-order valence-electron chi connectivity index (χ3n) is 5.81. The van der Waals surface area contributed by atoms with E-state index in [1.807, 2.05) is 12.1 Å². The molecule has 0 amide bonds. The molecule has 196 valence electrons. The lowest BCUT2D eigenvalue weighted by Crippen LogP contribution is -2.40. The topological polar surface area (TPSA) is 88.3 Å². The van der Waals surface area contributed by atoms with E-state index in [0.29, 0.717) is 43.4 Å². The average molecular weight is 597 g/mol. The molecule has 1 atom stereocenters. The van der Waals surface area contributed by atoms with Crippen LogP contribution in [0.2, 0.25) is 0 Å². The SMILES string of the molecule is C#CCOc1ccc(Br)cc1/C=c1\sc2n(c1=O)[C@@H](c1ccc(OC)c(OC)c1)C(C(=O)OCC)=C(C)N=2. The van der Waals surface area contributed by atoms with Crippen LogP contribution in [0.1, 0.15) is 31.0 Å². The van der Waals surface area contributed by atoms with Crippen molar-refractivity contribution in [3.63, 3.8) is 0 Å². The highest BCUT2D eigenvalue weighted by molar-refractivity contribution is 9.10. The summed E-state index contributed by atoms with van der Waals surface area (Å²) in [6, 6.07) is 9.94. The molecule has 2 heterocycles. The van der Waals surface area contributed by atoms with Crippen molar-refractivity contribution in [3.05, 3.63) is 83.0 Å². The van der Waals surface area contributed by atoms with Crippen molar-refractivity contribution in [2.75, 3.05) is 27.4 Å². The maximum absolute atomic E-state index is 13.9. The van der Waals surface area contributed by atoms with E-state index in [1.54, 1.807) is 44.2 Å². The van der Waals surface area contributed by atoms with Crippen LogP contribution in [0.4, 0.5) is 0 Å². The number of nitrogens with zero attached hydrogens (tertiary/aromatic N) is 2. The van der Waals surface area contributed by atoms with Crippen LogP contribution in [-0.2, 0) is 9.53 Å². The Morgan fingerprint density at radius 3 is 2.61 bits per heavy atom. The summed E-state index contributed by atoms with van der Waals surface area (Å²) in [6.45, 7) is 3.73. The first-order valence-electron chi connectivity index (χ1n) is 11.6. The minimum atomic E-state index is -0.785. The van der Waals surface area contributed by atoms with E-state index in [-0.39, 0.29) is 24.3 Å². The predicted octanol–water partition coefficient (Wildman–Crippen LogP) is 3.59. The van der Waals surface area contributed by atoms with E-state index in [4.69, 9.17) is 25.4 Å². The second kappa shape index (κ2) is 11.7. The molecule has 0 N–H and O–H groups in total. The van der Waals surface area contributed by atoms with Crippen LogP contribution in [0.15, 0.2) is 61.9 Å². The normalized spacial score (nSPS) is 14.8. The first-order chi connectivity index (χ1) is 18.3. The highest BCUT2D eigenvalue weighted by Gasteiger charge is 2.34. The van der Waals surface area contributed by atoms with Gasteiger partial charge < -0.3 is 18.9 Å². The number of benzene rings is 2. The van der Waals surface area contributed by atoms with Gasteiger partial charge in [-0.3, -0.25) is 9.36 Å².